The number of piperidine rings is 1. The lowest BCUT2D eigenvalue weighted by Crippen LogP contribution is -2.34. The van der Waals surface area contributed by atoms with Gasteiger partial charge in [-0.25, -0.2) is 4.79 Å². The van der Waals surface area contributed by atoms with Gasteiger partial charge in [-0.3, -0.25) is 4.84 Å². The second kappa shape index (κ2) is 7.02. The van der Waals surface area contributed by atoms with E-state index in [-0.39, 0.29) is 30.6 Å². The number of carbonyl (C=O) groups excluding carboxylic acids is 1. The molecule has 0 radical (unpaired) electrons. The largest absolute Gasteiger partial charge is 0.421 e. The Morgan fingerprint density at radius 2 is 2.12 bits per heavy atom. The fourth-order valence-electron chi connectivity index (χ4n) is 3.38. The minimum absolute atomic E-state index is 0.0181. The molecule has 2 bridgehead atoms. The molecule has 26 heavy (non-hydrogen) atoms. The Morgan fingerprint density at radius 1 is 1.31 bits per heavy atom. The molecule has 1 aromatic carbocycles. The topological polar surface area (TPSA) is 118 Å². The van der Waals surface area contributed by atoms with Gasteiger partial charge in [0.05, 0.1) is 12.6 Å². The molecule has 3 N–H and O–H groups in total. The zero-order chi connectivity index (χ0) is 18.1. The third-order valence-corrected chi connectivity index (χ3v) is 4.79. The van der Waals surface area contributed by atoms with Crippen LogP contribution in [-0.2, 0) is 11.4 Å². The van der Waals surface area contributed by atoms with E-state index in [0.717, 1.165) is 12.0 Å². The van der Waals surface area contributed by atoms with Crippen molar-refractivity contribution >= 4 is 6.03 Å². The van der Waals surface area contributed by atoms with Crippen molar-refractivity contribution < 1.29 is 19.2 Å². The Morgan fingerprint density at radius 3 is 2.88 bits per heavy atom. The predicted molar refractivity (Wildman–Crippen MR) is 89.2 cm³/mol. The zero-order valence-electron chi connectivity index (χ0n) is 14.2. The number of rotatable bonds is 6. The molecule has 3 heterocycles. The number of fused-ring (bicyclic) bond motifs is 2. The maximum Gasteiger partial charge on any atom is 0.345 e. The van der Waals surface area contributed by atoms with Crippen LogP contribution in [0.2, 0.25) is 0 Å². The Kier molecular flexibility index (Phi) is 4.58. The number of aliphatic hydroxyl groups excluding tert-OH is 1. The minimum Gasteiger partial charge on any atom is -0.421 e. The molecule has 0 spiro atoms. The van der Waals surface area contributed by atoms with Crippen LogP contribution in [0, 0.1) is 0 Å². The van der Waals surface area contributed by atoms with E-state index in [4.69, 9.17) is 20.1 Å². The van der Waals surface area contributed by atoms with E-state index in [1.54, 1.807) is 4.90 Å². The predicted octanol–water partition coefficient (Wildman–Crippen LogP) is 1.13. The second-order valence-corrected chi connectivity index (χ2v) is 6.53. The average molecular weight is 359 g/mol. The quantitative estimate of drug-likeness (QED) is 0.794. The monoisotopic (exact) mass is 359 g/mol. The van der Waals surface area contributed by atoms with Crippen molar-refractivity contribution in [2.75, 3.05) is 13.2 Å². The summed E-state index contributed by atoms with van der Waals surface area (Å²) in [4.78, 5) is 20.2. The van der Waals surface area contributed by atoms with Crippen LogP contribution in [0.3, 0.4) is 0 Å². The van der Waals surface area contributed by atoms with E-state index in [9.17, 15) is 4.79 Å². The number of aromatic nitrogens is 2. The van der Waals surface area contributed by atoms with Crippen LogP contribution in [0.15, 0.2) is 34.7 Å². The van der Waals surface area contributed by atoms with Gasteiger partial charge in [0.15, 0.2) is 0 Å². The van der Waals surface area contributed by atoms with Gasteiger partial charge in [0.1, 0.15) is 18.7 Å². The fourth-order valence-corrected chi connectivity index (χ4v) is 3.38. The highest BCUT2D eigenvalue weighted by Gasteiger charge is 2.47. The summed E-state index contributed by atoms with van der Waals surface area (Å²) < 4.78 is 5.58. The second-order valence-electron chi connectivity index (χ2n) is 6.53. The Balaban J connectivity index is 1.45. The molecule has 0 aliphatic carbocycles. The fraction of sp³-hybridized carbons (Fsp3) is 0.471. The molecule has 3 atom stereocenters. The first-order chi connectivity index (χ1) is 12.7. The standard InChI is InChI=1S/C17H21N5O4/c18-13(9-23)15-19-20-16(26-15)14-7-6-12-8-21(14)17(24)22(12)25-10-11-4-2-1-3-5-11/h1-5,12-14,23H,6-10,18H2/t12-,13?,14+/m1/s1. The Bertz CT molecular complexity index is 768. The van der Waals surface area contributed by atoms with Crippen molar-refractivity contribution in [2.24, 2.45) is 5.73 Å². The van der Waals surface area contributed by atoms with Crippen LogP contribution in [0.5, 0.6) is 0 Å². The van der Waals surface area contributed by atoms with Crippen molar-refractivity contribution in [3.8, 4) is 0 Å². The number of aliphatic hydroxyl groups is 1. The highest BCUT2D eigenvalue weighted by atomic mass is 16.7. The van der Waals surface area contributed by atoms with E-state index >= 15 is 0 Å². The number of hydrogen-bond donors (Lipinski definition) is 2. The van der Waals surface area contributed by atoms with Crippen molar-refractivity contribution in [1.29, 1.82) is 0 Å². The van der Waals surface area contributed by atoms with Crippen molar-refractivity contribution in [1.82, 2.24) is 20.2 Å². The summed E-state index contributed by atoms with van der Waals surface area (Å²) in [6, 6.07) is 8.54. The number of nitrogens with two attached hydrogens (primary N) is 1. The Hall–Kier alpha value is -2.49. The number of urea groups is 1. The van der Waals surface area contributed by atoms with Gasteiger partial charge in [-0.1, -0.05) is 30.3 Å². The highest BCUT2D eigenvalue weighted by Crippen LogP contribution is 2.38. The lowest BCUT2D eigenvalue weighted by molar-refractivity contribution is -0.140. The van der Waals surface area contributed by atoms with Gasteiger partial charge in [0.2, 0.25) is 11.8 Å². The Labute approximate surface area is 150 Å². The molecule has 9 heteroatoms. The number of benzene rings is 1. The highest BCUT2D eigenvalue weighted by molar-refractivity contribution is 5.77. The first-order valence-electron chi connectivity index (χ1n) is 8.63. The molecular formula is C17H21N5O4. The van der Waals surface area contributed by atoms with Gasteiger partial charge >= 0.3 is 6.03 Å². The molecule has 1 unspecified atom stereocenters. The normalized spacial score (nSPS) is 23.5. The van der Waals surface area contributed by atoms with Gasteiger partial charge in [-0.05, 0) is 18.4 Å². The van der Waals surface area contributed by atoms with Crippen molar-refractivity contribution in [2.45, 2.75) is 37.6 Å². The minimum atomic E-state index is -0.715. The summed E-state index contributed by atoms with van der Waals surface area (Å²) in [5.74, 6) is 0.522. The summed E-state index contributed by atoms with van der Waals surface area (Å²) in [6.45, 7) is 0.623. The number of amides is 2. The number of hydrogen-bond acceptors (Lipinski definition) is 7. The average Bonchev–Trinajstić information content (AvgIpc) is 3.26. The summed E-state index contributed by atoms with van der Waals surface area (Å²) in [6.07, 6.45) is 1.49. The third kappa shape index (κ3) is 3.05. The van der Waals surface area contributed by atoms with Crippen LogP contribution in [0.25, 0.3) is 0 Å². The van der Waals surface area contributed by atoms with E-state index in [0.29, 0.717) is 25.5 Å². The first kappa shape index (κ1) is 17.0. The van der Waals surface area contributed by atoms with Gasteiger partial charge < -0.3 is 20.2 Å². The molecule has 1 aromatic heterocycles. The van der Waals surface area contributed by atoms with Gasteiger partial charge in [-0.15, -0.1) is 10.2 Å². The molecule has 2 fully saturated rings. The molecule has 0 saturated carbocycles. The van der Waals surface area contributed by atoms with Crippen molar-refractivity contribution in [3.05, 3.63) is 47.7 Å². The molecule has 2 aliphatic rings. The zero-order valence-corrected chi connectivity index (χ0v) is 14.2. The first-order valence-corrected chi connectivity index (χ1v) is 8.63. The van der Waals surface area contributed by atoms with Crippen LogP contribution in [0.4, 0.5) is 4.79 Å². The summed E-state index contributed by atoms with van der Waals surface area (Å²) in [5, 5.41) is 18.5. The summed E-state index contributed by atoms with van der Waals surface area (Å²) in [5.41, 5.74) is 6.71. The lowest BCUT2D eigenvalue weighted by atomic mass is 10.0. The molecule has 2 amide bonds. The van der Waals surface area contributed by atoms with Crippen LogP contribution in [-0.4, -0.2) is 50.5 Å². The van der Waals surface area contributed by atoms with Gasteiger partial charge in [-0.2, -0.15) is 5.06 Å². The molecule has 2 aliphatic heterocycles. The summed E-state index contributed by atoms with van der Waals surface area (Å²) >= 11 is 0. The van der Waals surface area contributed by atoms with Crippen LogP contribution < -0.4 is 5.73 Å². The summed E-state index contributed by atoms with van der Waals surface area (Å²) in [7, 11) is 0. The number of hydroxylamine groups is 2. The smallest absolute Gasteiger partial charge is 0.345 e. The maximum atomic E-state index is 12.8. The number of carbonyl (C=O) groups is 1. The van der Waals surface area contributed by atoms with Crippen LogP contribution in [0.1, 0.15) is 42.3 Å². The number of nitrogens with zero attached hydrogens (tertiary/aromatic N) is 4. The molecule has 4 rings (SSSR count). The van der Waals surface area contributed by atoms with Gasteiger partial charge in [0.25, 0.3) is 0 Å². The lowest BCUT2D eigenvalue weighted by Gasteiger charge is -2.27. The van der Waals surface area contributed by atoms with E-state index in [1.807, 2.05) is 30.3 Å². The van der Waals surface area contributed by atoms with Gasteiger partial charge in [0, 0.05) is 6.54 Å². The molecule has 2 saturated heterocycles. The molecular weight excluding hydrogens is 338 g/mol. The molecule has 9 nitrogen and oxygen atoms in total. The molecule has 2 aromatic rings. The van der Waals surface area contributed by atoms with E-state index < -0.39 is 6.04 Å². The third-order valence-electron chi connectivity index (χ3n) is 4.79. The van der Waals surface area contributed by atoms with E-state index in [2.05, 4.69) is 10.2 Å². The SMILES string of the molecule is NC(CO)c1nnc([C@@H]2CC[C@@H]3CN2C(=O)N3OCc2ccccc2)o1. The van der Waals surface area contributed by atoms with Crippen molar-refractivity contribution in [3.63, 3.8) is 0 Å². The van der Waals surface area contributed by atoms with E-state index in [1.165, 1.54) is 5.06 Å². The molecule has 138 valence electrons. The van der Waals surface area contributed by atoms with Crippen LogP contribution >= 0.6 is 0 Å². The maximum absolute atomic E-state index is 12.8.